The maximum absolute atomic E-state index is 3.42. The number of rotatable bonds is 0. The second kappa shape index (κ2) is 3.89. The molecular weight excluding hydrogens is 110 g/mol. The van der Waals surface area contributed by atoms with Gasteiger partial charge in [0.25, 0.3) is 0 Å². The number of nitrogens with one attached hydrogen (secondary N) is 1. The van der Waals surface area contributed by atoms with Crippen LogP contribution in [0.3, 0.4) is 0 Å². The molecule has 1 aliphatic rings. The van der Waals surface area contributed by atoms with Gasteiger partial charge in [0.15, 0.2) is 0 Å². The van der Waals surface area contributed by atoms with Crippen LogP contribution in [-0.2, 0) is 0 Å². The van der Waals surface area contributed by atoms with Gasteiger partial charge in [-0.15, -0.1) is 0 Å². The Kier molecular flexibility index (Phi) is 3.05. The molecule has 56 valence electrons. The molecular formula is C8H19N. The van der Waals surface area contributed by atoms with E-state index in [1.807, 2.05) is 0 Å². The van der Waals surface area contributed by atoms with Crippen LogP contribution >= 0.6 is 0 Å². The van der Waals surface area contributed by atoms with Gasteiger partial charge < -0.3 is 5.32 Å². The van der Waals surface area contributed by atoms with Crippen LogP contribution in [-0.4, -0.2) is 13.1 Å². The van der Waals surface area contributed by atoms with Gasteiger partial charge in [-0.2, -0.15) is 0 Å². The van der Waals surface area contributed by atoms with Gasteiger partial charge in [0.2, 0.25) is 0 Å². The van der Waals surface area contributed by atoms with Gasteiger partial charge in [-0.25, -0.2) is 0 Å². The third kappa shape index (κ3) is 2.85. The number of hydrogen-bond acceptors (Lipinski definition) is 1. The lowest BCUT2D eigenvalue weighted by molar-refractivity contribution is 0.415. The van der Waals surface area contributed by atoms with Crippen LogP contribution in [0.5, 0.6) is 0 Å². The van der Waals surface area contributed by atoms with Crippen molar-refractivity contribution in [2.45, 2.75) is 32.6 Å². The van der Waals surface area contributed by atoms with Crippen molar-refractivity contribution in [2.75, 3.05) is 13.1 Å². The lowest BCUT2D eigenvalue weighted by Crippen LogP contribution is -2.21. The van der Waals surface area contributed by atoms with Gasteiger partial charge in [0.1, 0.15) is 0 Å². The molecule has 1 saturated heterocycles. The first kappa shape index (κ1) is 7.07. The number of hydrogen-bond donors (Lipinski definition) is 1. The van der Waals surface area contributed by atoms with Crippen LogP contribution in [0.4, 0.5) is 0 Å². The average molecular weight is 129 g/mol. The fraction of sp³-hybridized carbons (Fsp3) is 1.00. The first-order valence-corrected chi connectivity index (χ1v) is 4.10. The summed E-state index contributed by atoms with van der Waals surface area (Å²) in [5.74, 6) is 0.956. The van der Waals surface area contributed by atoms with Crippen LogP contribution in [0, 0.1) is 5.92 Å². The molecule has 9 heavy (non-hydrogen) atoms. The van der Waals surface area contributed by atoms with Gasteiger partial charge in [0, 0.05) is 1.43 Å². The van der Waals surface area contributed by atoms with Crippen molar-refractivity contribution in [3.63, 3.8) is 0 Å². The summed E-state index contributed by atoms with van der Waals surface area (Å²) in [6.07, 6.45) is 5.63. The van der Waals surface area contributed by atoms with Crippen LogP contribution < -0.4 is 5.32 Å². The molecule has 0 spiro atoms. The van der Waals surface area contributed by atoms with E-state index >= 15 is 0 Å². The summed E-state index contributed by atoms with van der Waals surface area (Å²) in [5, 5.41) is 3.42. The largest absolute Gasteiger partial charge is 0.317 e. The van der Waals surface area contributed by atoms with Crippen molar-refractivity contribution in [1.82, 2.24) is 5.32 Å². The molecule has 0 amide bonds. The van der Waals surface area contributed by atoms with E-state index in [0.29, 0.717) is 0 Å². The Morgan fingerprint density at radius 3 is 3.00 bits per heavy atom. The third-order valence-electron chi connectivity index (χ3n) is 2.11. The van der Waals surface area contributed by atoms with E-state index in [2.05, 4.69) is 12.2 Å². The van der Waals surface area contributed by atoms with Crippen molar-refractivity contribution in [2.24, 2.45) is 5.92 Å². The molecule has 1 fully saturated rings. The zero-order valence-corrected chi connectivity index (χ0v) is 6.32. The third-order valence-corrected chi connectivity index (χ3v) is 2.11. The molecule has 1 unspecified atom stereocenters. The van der Waals surface area contributed by atoms with Crippen molar-refractivity contribution < 1.29 is 1.43 Å². The highest BCUT2D eigenvalue weighted by atomic mass is 14.8. The molecule has 1 heterocycles. The summed E-state index contributed by atoms with van der Waals surface area (Å²) in [7, 11) is 0. The average Bonchev–Trinajstić information content (AvgIpc) is 1.79. The SMILES string of the molecule is CC1CCCCNCC1.[HH]. The Bertz CT molecular complexity index is 67.7. The van der Waals surface area contributed by atoms with Crippen molar-refractivity contribution in [1.29, 1.82) is 0 Å². The molecule has 0 aromatic heterocycles. The van der Waals surface area contributed by atoms with Crippen molar-refractivity contribution in [3.8, 4) is 0 Å². The second-order valence-corrected chi connectivity index (χ2v) is 3.14. The molecule has 0 saturated carbocycles. The highest BCUT2D eigenvalue weighted by molar-refractivity contribution is 4.60. The lowest BCUT2D eigenvalue weighted by Gasteiger charge is -2.15. The van der Waals surface area contributed by atoms with E-state index in [0.717, 1.165) is 5.92 Å². The summed E-state index contributed by atoms with van der Waals surface area (Å²) >= 11 is 0. The predicted octanol–water partition coefficient (Wildman–Crippen LogP) is 2.03. The van der Waals surface area contributed by atoms with E-state index in [1.165, 1.54) is 38.8 Å². The minimum absolute atomic E-state index is 0. The summed E-state index contributed by atoms with van der Waals surface area (Å²) in [6, 6.07) is 0. The fourth-order valence-electron chi connectivity index (χ4n) is 1.36. The Hall–Kier alpha value is -0.0400. The summed E-state index contributed by atoms with van der Waals surface area (Å²) in [4.78, 5) is 0. The standard InChI is InChI=1S/C8H17N.H2/c1-8-4-2-3-6-9-7-5-8;/h8-9H,2-7H2,1H3;1H. The second-order valence-electron chi connectivity index (χ2n) is 3.14. The van der Waals surface area contributed by atoms with Crippen LogP contribution in [0.15, 0.2) is 0 Å². The summed E-state index contributed by atoms with van der Waals surface area (Å²) in [5.41, 5.74) is 0. The highest BCUT2D eigenvalue weighted by Crippen LogP contribution is 2.12. The van der Waals surface area contributed by atoms with Crippen molar-refractivity contribution >= 4 is 0 Å². The molecule has 0 aromatic carbocycles. The lowest BCUT2D eigenvalue weighted by atomic mass is 9.99. The van der Waals surface area contributed by atoms with Crippen LogP contribution in [0.2, 0.25) is 0 Å². The highest BCUT2D eigenvalue weighted by Gasteiger charge is 2.03. The van der Waals surface area contributed by atoms with Gasteiger partial charge in [-0.3, -0.25) is 0 Å². The van der Waals surface area contributed by atoms with Crippen LogP contribution in [0.25, 0.3) is 0 Å². The maximum atomic E-state index is 3.42. The monoisotopic (exact) mass is 129 g/mol. The molecule has 1 heteroatoms. The topological polar surface area (TPSA) is 12.0 Å². The fourth-order valence-corrected chi connectivity index (χ4v) is 1.36. The smallest absolute Gasteiger partial charge is 0 e. The Morgan fingerprint density at radius 2 is 2.11 bits per heavy atom. The molecule has 1 rings (SSSR count). The normalized spacial score (nSPS) is 31.0. The minimum atomic E-state index is 0. The molecule has 1 aliphatic heterocycles. The van der Waals surface area contributed by atoms with E-state index < -0.39 is 0 Å². The first-order chi connectivity index (χ1) is 4.39. The van der Waals surface area contributed by atoms with E-state index in [4.69, 9.17) is 0 Å². The predicted molar refractivity (Wildman–Crippen MR) is 42.6 cm³/mol. The maximum Gasteiger partial charge on any atom is 0 e. The first-order valence-electron chi connectivity index (χ1n) is 4.10. The molecule has 0 bridgehead atoms. The van der Waals surface area contributed by atoms with E-state index in [9.17, 15) is 0 Å². The molecule has 0 radical (unpaired) electrons. The molecule has 1 atom stereocenters. The Labute approximate surface area is 59.3 Å². The zero-order chi connectivity index (χ0) is 6.53. The van der Waals surface area contributed by atoms with Gasteiger partial charge in [-0.1, -0.05) is 19.8 Å². The summed E-state index contributed by atoms with van der Waals surface area (Å²) in [6.45, 7) is 4.83. The van der Waals surface area contributed by atoms with E-state index in [-0.39, 0.29) is 1.43 Å². The molecule has 1 N–H and O–H groups in total. The zero-order valence-electron chi connectivity index (χ0n) is 6.32. The van der Waals surface area contributed by atoms with E-state index in [1.54, 1.807) is 0 Å². The van der Waals surface area contributed by atoms with Crippen molar-refractivity contribution in [3.05, 3.63) is 0 Å². The van der Waals surface area contributed by atoms with Gasteiger partial charge in [-0.05, 0) is 31.8 Å². The summed E-state index contributed by atoms with van der Waals surface area (Å²) < 4.78 is 0. The molecule has 0 aromatic rings. The van der Waals surface area contributed by atoms with Gasteiger partial charge in [0.05, 0.1) is 0 Å². The molecule has 0 aliphatic carbocycles. The van der Waals surface area contributed by atoms with Gasteiger partial charge >= 0.3 is 0 Å². The Balaban J connectivity index is 0.000000810. The Morgan fingerprint density at radius 1 is 1.22 bits per heavy atom. The molecule has 1 nitrogen and oxygen atoms in total. The minimum Gasteiger partial charge on any atom is -0.317 e. The van der Waals surface area contributed by atoms with Crippen LogP contribution in [0.1, 0.15) is 34.0 Å². The quantitative estimate of drug-likeness (QED) is 0.527.